The Morgan fingerprint density at radius 1 is 1.53 bits per heavy atom. The number of carbonyl (C=O) groups is 1. The van der Waals surface area contributed by atoms with Crippen molar-refractivity contribution in [2.75, 3.05) is 13.1 Å². The van der Waals surface area contributed by atoms with Crippen molar-refractivity contribution in [2.45, 2.75) is 58.6 Å². The van der Waals surface area contributed by atoms with E-state index in [0.29, 0.717) is 5.92 Å². The van der Waals surface area contributed by atoms with Gasteiger partial charge in [0.15, 0.2) is 0 Å². The fraction of sp³-hybridized carbons (Fsp3) is 0.923. The lowest BCUT2D eigenvalue weighted by Gasteiger charge is -2.36. The molecular weight excluding hydrogens is 216 g/mol. The highest BCUT2D eigenvalue weighted by Crippen LogP contribution is 2.22. The monoisotopic (exact) mass is 242 g/mol. The summed E-state index contributed by atoms with van der Waals surface area (Å²) in [4.78, 5) is 13.7. The van der Waals surface area contributed by atoms with Gasteiger partial charge in [-0.05, 0) is 46.0 Å². The van der Waals surface area contributed by atoms with Crippen LogP contribution in [0.3, 0.4) is 0 Å². The van der Waals surface area contributed by atoms with Crippen molar-refractivity contribution in [1.82, 2.24) is 4.90 Å². The van der Waals surface area contributed by atoms with Crippen LogP contribution in [-0.4, -0.2) is 35.7 Å². The van der Waals surface area contributed by atoms with Gasteiger partial charge in [-0.25, -0.2) is 4.79 Å². The molecule has 0 aliphatic carbocycles. The van der Waals surface area contributed by atoms with Crippen LogP contribution in [0.1, 0.15) is 47.0 Å². The molecule has 0 aromatic carbocycles. The van der Waals surface area contributed by atoms with Crippen molar-refractivity contribution in [3.05, 3.63) is 0 Å². The first-order chi connectivity index (χ1) is 7.83. The van der Waals surface area contributed by atoms with E-state index in [1.807, 2.05) is 20.8 Å². The van der Waals surface area contributed by atoms with Crippen molar-refractivity contribution >= 4 is 6.09 Å². The van der Waals surface area contributed by atoms with Crippen molar-refractivity contribution in [3.63, 3.8) is 0 Å². The van der Waals surface area contributed by atoms with Crippen molar-refractivity contribution < 1.29 is 9.53 Å². The molecule has 1 aliphatic rings. The zero-order valence-corrected chi connectivity index (χ0v) is 11.5. The number of ether oxygens (including phenoxy) is 1. The number of rotatable bonds is 2. The Labute approximate surface area is 104 Å². The number of hydrogen-bond acceptors (Lipinski definition) is 3. The third-order valence-corrected chi connectivity index (χ3v) is 3.19. The van der Waals surface area contributed by atoms with E-state index in [0.717, 1.165) is 32.4 Å². The molecule has 1 saturated heterocycles. The van der Waals surface area contributed by atoms with Gasteiger partial charge in [-0.1, -0.05) is 6.92 Å². The highest BCUT2D eigenvalue weighted by Gasteiger charge is 2.29. The molecule has 0 bridgehead atoms. The summed E-state index contributed by atoms with van der Waals surface area (Å²) in [6.45, 7) is 9.31. The van der Waals surface area contributed by atoms with Crippen LogP contribution in [-0.2, 0) is 4.74 Å². The summed E-state index contributed by atoms with van der Waals surface area (Å²) in [6, 6.07) is 0.195. The minimum Gasteiger partial charge on any atom is -0.444 e. The molecule has 1 heterocycles. The van der Waals surface area contributed by atoms with Gasteiger partial charge in [-0.3, -0.25) is 0 Å². The minimum absolute atomic E-state index is 0.195. The summed E-state index contributed by atoms with van der Waals surface area (Å²) in [5, 5.41) is 0. The van der Waals surface area contributed by atoms with E-state index < -0.39 is 5.60 Å². The molecule has 1 fully saturated rings. The van der Waals surface area contributed by atoms with E-state index in [-0.39, 0.29) is 12.1 Å². The molecule has 1 amide bonds. The Morgan fingerprint density at radius 2 is 2.18 bits per heavy atom. The van der Waals surface area contributed by atoms with Gasteiger partial charge in [0.2, 0.25) is 0 Å². The van der Waals surface area contributed by atoms with E-state index >= 15 is 0 Å². The number of likely N-dealkylation sites (tertiary alicyclic amines) is 1. The predicted octanol–water partition coefficient (Wildman–Crippen LogP) is 2.37. The first-order valence-corrected chi connectivity index (χ1v) is 6.57. The van der Waals surface area contributed by atoms with Gasteiger partial charge >= 0.3 is 6.09 Å². The molecule has 100 valence electrons. The van der Waals surface area contributed by atoms with Crippen molar-refractivity contribution in [3.8, 4) is 0 Å². The van der Waals surface area contributed by atoms with Crippen molar-refractivity contribution in [1.29, 1.82) is 0 Å². The average Bonchev–Trinajstić information content (AvgIpc) is 2.26. The molecule has 0 spiro atoms. The quantitative estimate of drug-likeness (QED) is 0.808. The molecule has 0 aromatic rings. The fourth-order valence-corrected chi connectivity index (χ4v) is 2.19. The minimum atomic E-state index is -0.420. The average molecular weight is 242 g/mol. The van der Waals surface area contributed by atoms with E-state index in [9.17, 15) is 4.79 Å². The van der Waals surface area contributed by atoms with E-state index in [1.165, 1.54) is 0 Å². The molecule has 0 saturated carbocycles. The van der Waals surface area contributed by atoms with Crippen LogP contribution in [0.25, 0.3) is 0 Å². The molecule has 4 nitrogen and oxygen atoms in total. The summed E-state index contributed by atoms with van der Waals surface area (Å²) in [6.07, 6.45) is 2.91. The molecule has 2 atom stereocenters. The summed E-state index contributed by atoms with van der Waals surface area (Å²) >= 11 is 0. The highest BCUT2D eigenvalue weighted by molar-refractivity contribution is 5.68. The number of nitrogens with two attached hydrogens (primary N) is 1. The Morgan fingerprint density at radius 3 is 2.71 bits per heavy atom. The molecule has 4 heteroatoms. The highest BCUT2D eigenvalue weighted by atomic mass is 16.6. The van der Waals surface area contributed by atoms with E-state index in [1.54, 1.807) is 4.90 Å². The summed E-state index contributed by atoms with van der Waals surface area (Å²) in [5.74, 6) is 0.418. The summed E-state index contributed by atoms with van der Waals surface area (Å²) in [7, 11) is 0. The van der Waals surface area contributed by atoms with Crippen LogP contribution < -0.4 is 5.73 Å². The lowest BCUT2D eigenvalue weighted by atomic mass is 9.90. The van der Waals surface area contributed by atoms with Gasteiger partial charge in [0.05, 0.1) is 0 Å². The summed E-state index contributed by atoms with van der Waals surface area (Å²) in [5.41, 5.74) is 5.64. The lowest BCUT2D eigenvalue weighted by Crippen LogP contribution is -2.47. The van der Waals surface area contributed by atoms with Gasteiger partial charge in [0.25, 0.3) is 0 Å². The van der Waals surface area contributed by atoms with Crippen LogP contribution >= 0.6 is 0 Å². The SMILES string of the molecule is CC[C@@H](N)[C@@H]1CCCN(C(=O)OC(C)(C)C)C1. The van der Waals surface area contributed by atoms with Crippen LogP contribution in [0.5, 0.6) is 0 Å². The second kappa shape index (κ2) is 5.71. The number of amides is 1. The molecule has 1 aliphatic heterocycles. The topological polar surface area (TPSA) is 55.6 Å². The number of piperidine rings is 1. The Kier molecular flexibility index (Phi) is 4.80. The fourth-order valence-electron chi connectivity index (χ4n) is 2.19. The van der Waals surface area contributed by atoms with E-state index in [2.05, 4.69) is 6.92 Å². The molecular formula is C13H26N2O2. The molecule has 0 aromatic heterocycles. The van der Waals surface area contributed by atoms with Crippen molar-refractivity contribution in [2.24, 2.45) is 11.7 Å². The maximum atomic E-state index is 11.9. The zero-order chi connectivity index (χ0) is 13.1. The second-order valence-electron chi connectivity index (χ2n) is 5.90. The van der Waals surface area contributed by atoms with E-state index in [4.69, 9.17) is 10.5 Å². The lowest BCUT2D eigenvalue weighted by molar-refractivity contribution is 0.0152. The molecule has 17 heavy (non-hydrogen) atoms. The smallest absolute Gasteiger partial charge is 0.410 e. The third-order valence-electron chi connectivity index (χ3n) is 3.19. The number of hydrogen-bond donors (Lipinski definition) is 1. The number of carbonyl (C=O) groups excluding carboxylic acids is 1. The normalized spacial score (nSPS) is 23.4. The van der Waals surface area contributed by atoms with Gasteiger partial charge in [0, 0.05) is 19.1 Å². The van der Waals surface area contributed by atoms with Crippen LogP contribution in [0.4, 0.5) is 4.79 Å². The maximum absolute atomic E-state index is 11.9. The predicted molar refractivity (Wildman–Crippen MR) is 68.8 cm³/mol. The molecule has 0 radical (unpaired) electrons. The van der Waals surface area contributed by atoms with Gasteiger partial charge in [-0.2, -0.15) is 0 Å². The molecule has 1 rings (SSSR count). The molecule has 0 unspecified atom stereocenters. The van der Waals surface area contributed by atoms with Crippen LogP contribution in [0.15, 0.2) is 0 Å². The Bertz CT molecular complexity index is 261. The standard InChI is InChI=1S/C13H26N2O2/c1-5-11(14)10-7-6-8-15(9-10)12(16)17-13(2,3)4/h10-11H,5-9,14H2,1-4H3/t10-,11-/m1/s1. The van der Waals surface area contributed by atoms with Crippen LogP contribution in [0.2, 0.25) is 0 Å². The third kappa shape index (κ3) is 4.54. The second-order valence-corrected chi connectivity index (χ2v) is 5.90. The zero-order valence-electron chi connectivity index (χ0n) is 11.5. The van der Waals surface area contributed by atoms with Crippen LogP contribution in [0, 0.1) is 5.92 Å². The molecule has 2 N–H and O–H groups in total. The first-order valence-electron chi connectivity index (χ1n) is 6.57. The maximum Gasteiger partial charge on any atom is 0.410 e. The van der Waals surface area contributed by atoms with Gasteiger partial charge in [0.1, 0.15) is 5.60 Å². The summed E-state index contributed by atoms with van der Waals surface area (Å²) < 4.78 is 5.39. The first kappa shape index (κ1) is 14.3. The van der Waals surface area contributed by atoms with Gasteiger partial charge in [-0.15, -0.1) is 0 Å². The Hall–Kier alpha value is -0.770. The largest absolute Gasteiger partial charge is 0.444 e. The Balaban J connectivity index is 2.52. The van der Waals surface area contributed by atoms with Gasteiger partial charge < -0.3 is 15.4 Å². The number of nitrogens with zero attached hydrogens (tertiary/aromatic N) is 1.